The van der Waals surface area contributed by atoms with Crippen LogP contribution in [0.5, 0.6) is 0 Å². The normalized spacial score (nSPS) is 10.2. The third-order valence-corrected chi connectivity index (χ3v) is 1.34. The lowest BCUT2D eigenvalue weighted by Crippen LogP contribution is -2.32. The fraction of sp³-hybridized carbons (Fsp3) is 0.500. The van der Waals surface area contributed by atoms with Gasteiger partial charge in [0.15, 0.2) is 0 Å². The number of rotatable bonds is 1. The van der Waals surface area contributed by atoms with Gasteiger partial charge in [0.05, 0.1) is 6.54 Å². The van der Waals surface area contributed by atoms with Gasteiger partial charge in [0, 0.05) is 0 Å². The molecule has 86 valence electrons. The van der Waals surface area contributed by atoms with Gasteiger partial charge >= 0.3 is 6.09 Å². The molecule has 16 heavy (non-hydrogen) atoms. The van der Waals surface area contributed by atoms with Crippen molar-refractivity contribution in [2.45, 2.75) is 26.4 Å². The van der Waals surface area contributed by atoms with Gasteiger partial charge in [-0.15, -0.1) is 0 Å². The average Bonchev–Trinajstić information content (AvgIpc) is 2.62. The number of H-pyrrole nitrogens is 1. The Bertz CT molecular complexity index is 395. The van der Waals surface area contributed by atoms with Crippen LogP contribution in [0.15, 0.2) is 6.33 Å². The summed E-state index contributed by atoms with van der Waals surface area (Å²) in [4.78, 5) is 15.0. The third-order valence-electron chi connectivity index (χ3n) is 1.34. The number of alkyl carbamates (subject to hydrolysis) is 1. The van der Waals surface area contributed by atoms with Gasteiger partial charge in [-0.1, -0.05) is 5.92 Å². The van der Waals surface area contributed by atoms with E-state index in [1.807, 2.05) is 0 Å². The molecule has 0 aliphatic carbocycles. The van der Waals surface area contributed by atoms with Crippen LogP contribution in [0.25, 0.3) is 0 Å². The van der Waals surface area contributed by atoms with Gasteiger partial charge in [0.1, 0.15) is 11.9 Å². The van der Waals surface area contributed by atoms with Crippen LogP contribution < -0.4 is 5.32 Å². The summed E-state index contributed by atoms with van der Waals surface area (Å²) in [7, 11) is 0. The minimum Gasteiger partial charge on any atom is -0.444 e. The van der Waals surface area contributed by atoms with Crippen molar-refractivity contribution in [1.29, 1.82) is 0 Å². The SMILES string of the molecule is CC(C)(C)OC(=O)NCC#Cc1ncn[nH]1. The summed E-state index contributed by atoms with van der Waals surface area (Å²) < 4.78 is 5.02. The minimum atomic E-state index is -0.498. The maximum Gasteiger partial charge on any atom is 0.408 e. The molecular weight excluding hydrogens is 208 g/mol. The van der Waals surface area contributed by atoms with E-state index in [1.54, 1.807) is 20.8 Å². The predicted octanol–water partition coefficient (Wildman–Crippen LogP) is 0.681. The van der Waals surface area contributed by atoms with E-state index in [4.69, 9.17) is 4.74 Å². The minimum absolute atomic E-state index is 0.204. The molecule has 0 atom stereocenters. The maximum atomic E-state index is 11.2. The standard InChI is InChI=1S/C10H14N4O2/c1-10(2,3)16-9(15)11-6-4-5-8-12-7-13-14-8/h7H,6H2,1-3H3,(H,11,15)(H,12,13,14). The zero-order valence-electron chi connectivity index (χ0n) is 9.50. The largest absolute Gasteiger partial charge is 0.444 e. The first-order valence-corrected chi connectivity index (χ1v) is 4.78. The van der Waals surface area contributed by atoms with E-state index in [2.05, 4.69) is 32.3 Å². The van der Waals surface area contributed by atoms with Crippen molar-refractivity contribution in [2.75, 3.05) is 6.54 Å². The van der Waals surface area contributed by atoms with Crippen LogP contribution in [0.1, 0.15) is 26.6 Å². The smallest absolute Gasteiger partial charge is 0.408 e. The van der Waals surface area contributed by atoms with Crippen LogP contribution >= 0.6 is 0 Å². The molecule has 1 aromatic rings. The first-order chi connectivity index (χ1) is 7.47. The molecule has 0 aliphatic heterocycles. The molecule has 1 aromatic heterocycles. The first kappa shape index (κ1) is 12.0. The summed E-state index contributed by atoms with van der Waals surface area (Å²) in [6.45, 7) is 5.60. The summed E-state index contributed by atoms with van der Waals surface area (Å²) in [5, 5.41) is 8.72. The Morgan fingerprint density at radius 3 is 2.94 bits per heavy atom. The van der Waals surface area contributed by atoms with Crippen molar-refractivity contribution in [3.8, 4) is 11.8 Å². The van der Waals surface area contributed by atoms with Crippen molar-refractivity contribution < 1.29 is 9.53 Å². The van der Waals surface area contributed by atoms with E-state index in [0.29, 0.717) is 5.82 Å². The van der Waals surface area contributed by atoms with Gasteiger partial charge < -0.3 is 10.1 Å². The fourth-order valence-electron chi connectivity index (χ4n) is 0.824. The Morgan fingerprint density at radius 2 is 2.38 bits per heavy atom. The number of carbonyl (C=O) groups is 1. The van der Waals surface area contributed by atoms with Crippen LogP contribution in [0.4, 0.5) is 4.79 Å². The van der Waals surface area contributed by atoms with Crippen LogP contribution in [0, 0.1) is 11.8 Å². The lowest BCUT2D eigenvalue weighted by atomic mass is 10.2. The van der Waals surface area contributed by atoms with Crippen molar-refractivity contribution in [2.24, 2.45) is 0 Å². The predicted molar refractivity (Wildman–Crippen MR) is 57.5 cm³/mol. The number of amides is 1. The van der Waals surface area contributed by atoms with E-state index < -0.39 is 11.7 Å². The van der Waals surface area contributed by atoms with Crippen molar-refractivity contribution in [3.05, 3.63) is 12.2 Å². The summed E-state index contributed by atoms with van der Waals surface area (Å²) in [5.74, 6) is 5.87. The summed E-state index contributed by atoms with van der Waals surface area (Å²) in [5.41, 5.74) is -0.498. The van der Waals surface area contributed by atoms with Gasteiger partial charge in [0.25, 0.3) is 0 Å². The van der Waals surface area contributed by atoms with E-state index in [-0.39, 0.29) is 6.54 Å². The van der Waals surface area contributed by atoms with Crippen molar-refractivity contribution >= 4 is 6.09 Å². The van der Waals surface area contributed by atoms with Gasteiger partial charge in [0.2, 0.25) is 5.82 Å². The lowest BCUT2D eigenvalue weighted by molar-refractivity contribution is 0.0535. The molecule has 0 saturated heterocycles. The Kier molecular flexibility index (Phi) is 3.89. The lowest BCUT2D eigenvalue weighted by Gasteiger charge is -2.18. The highest BCUT2D eigenvalue weighted by atomic mass is 16.6. The second kappa shape index (κ2) is 5.16. The number of carbonyl (C=O) groups excluding carboxylic acids is 1. The van der Waals surface area contributed by atoms with Crippen molar-refractivity contribution in [1.82, 2.24) is 20.5 Å². The molecule has 0 bridgehead atoms. The number of nitrogens with zero attached hydrogens (tertiary/aromatic N) is 2. The summed E-state index contributed by atoms with van der Waals surface area (Å²) in [6.07, 6.45) is 0.880. The van der Waals surface area contributed by atoms with Crippen molar-refractivity contribution in [3.63, 3.8) is 0 Å². The Labute approximate surface area is 93.8 Å². The molecule has 1 amide bonds. The molecule has 0 fully saturated rings. The Morgan fingerprint density at radius 1 is 1.62 bits per heavy atom. The molecule has 0 aliphatic rings. The number of hydrogen-bond acceptors (Lipinski definition) is 4. The number of nitrogens with one attached hydrogen (secondary N) is 2. The van der Waals surface area contributed by atoms with E-state index in [1.165, 1.54) is 6.33 Å². The zero-order valence-corrected chi connectivity index (χ0v) is 9.50. The molecule has 6 heteroatoms. The van der Waals surface area contributed by atoms with Gasteiger partial charge in [-0.25, -0.2) is 9.78 Å². The molecule has 0 saturated carbocycles. The second-order valence-corrected chi connectivity index (χ2v) is 3.99. The monoisotopic (exact) mass is 222 g/mol. The molecule has 0 radical (unpaired) electrons. The molecule has 6 nitrogen and oxygen atoms in total. The second-order valence-electron chi connectivity index (χ2n) is 3.99. The number of hydrogen-bond donors (Lipinski definition) is 2. The quantitative estimate of drug-likeness (QED) is 0.685. The molecular formula is C10H14N4O2. The van der Waals surface area contributed by atoms with Crippen LogP contribution in [0.2, 0.25) is 0 Å². The van der Waals surface area contributed by atoms with Gasteiger partial charge in [-0.05, 0) is 26.7 Å². The van der Waals surface area contributed by atoms with Crippen LogP contribution in [-0.4, -0.2) is 33.4 Å². The van der Waals surface area contributed by atoms with E-state index in [0.717, 1.165) is 0 Å². The van der Waals surface area contributed by atoms with Crippen LogP contribution in [0.3, 0.4) is 0 Å². The molecule has 0 unspecified atom stereocenters. The number of aromatic nitrogens is 3. The zero-order chi connectivity index (χ0) is 12.0. The van der Waals surface area contributed by atoms with Crippen LogP contribution in [-0.2, 0) is 4.74 Å². The number of aromatic amines is 1. The topological polar surface area (TPSA) is 79.9 Å². The Hall–Kier alpha value is -2.03. The highest BCUT2D eigenvalue weighted by Gasteiger charge is 2.14. The highest BCUT2D eigenvalue weighted by Crippen LogP contribution is 2.05. The fourth-order valence-corrected chi connectivity index (χ4v) is 0.824. The summed E-state index contributed by atoms with van der Waals surface area (Å²) in [6, 6.07) is 0. The molecule has 1 heterocycles. The molecule has 0 aromatic carbocycles. The van der Waals surface area contributed by atoms with Gasteiger partial charge in [-0.2, -0.15) is 5.10 Å². The highest BCUT2D eigenvalue weighted by molar-refractivity contribution is 5.68. The van der Waals surface area contributed by atoms with E-state index in [9.17, 15) is 4.79 Å². The number of ether oxygens (including phenoxy) is 1. The third kappa shape index (κ3) is 5.00. The average molecular weight is 222 g/mol. The molecule has 0 spiro atoms. The molecule has 2 N–H and O–H groups in total. The van der Waals surface area contributed by atoms with Gasteiger partial charge in [-0.3, -0.25) is 5.10 Å². The molecule has 1 rings (SSSR count). The summed E-state index contributed by atoms with van der Waals surface area (Å²) >= 11 is 0. The van der Waals surface area contributed by atoms with E-state index >= 15 is 0 Å². The first-order valence-electron chi connectivity index (χ1n) is 4.78. The maximum absolute atomic E-state index is 11.2. The Balaban J connectivity index is 2.28.